The van der Waals surface area contributed by atoms with Gasteiger partial charge in [-0.3, -0.25) is 9.79 Å². The molecule has 0 radical (unpaired) electrons. The Morgan fingerprint density at radius 2 is 2.20 bits per heavy atom. The number of rotatable bonds is 5. The van der Waals surface area contributed by atoms with Crippen molar-refractivity contribution in [2.24, 2.45) is 4.99 Å². The maximum atomic E-state index is 12.6. The summed E-state index contributed by atoms with van der Waals surface area (Å²) in [5.74, 6) is 0.479. The summed E-state index contributed by atoms with van der Waals surface area (Å²) in [4.78, 5) is 22.6. The fourth-order valence-corrected chi connectivity index (χ4v) is 2.57. The highest BCUT2D eigenvalue weighted by atomic mass is 16.5. The van der Waals surface area contributed by atoms with Crippen LogP contribution >= 0.6 is 0 Å². The molecule has 25 heavy (non-hydrogen) atoms. The van der Waals surface area contributed by atoms with Gasteiger partial charge in [0.1, 0.15) is 5.82 Å². The molecule has 0 saturated carbocycles. The Balaban J connectivity index is 1.89. The van der Waals surface area contributed by atoms with Gasteiger partial charge < -0.3 is 15.0 Å². The molecule has 0 spiro atoms. The van der Waals surface area contributed by atoms with E-state index in [1.807, 2.05) is 19.1 Å². The summed E-state index contributed by atoms with van der Waals surface area (Å²) in [6.07, 6.45) is 6.53. The van der Waals surface area contributed by atoms with Gasteiger partial charge in [0.25, 0.3) is 5.91 Å². The van der Waals surface area contributed by atoms with Gasteiger partial charge >= 0.3 is 0 Å². The lowest BCUT2D eigenvalue weighted by molar-refractivity contribution is 0.0960. The maximum Gasteiger partial charge on any atom is 0.276 e. The quantitative estimate of drug-likeness (QED) is 0.657. The molecule has 2 aromatic heterocycles. The van der Waals surface area contributed by atoms with Gasteiger partial charge in [0, 0.05) is 19.3 Å². The first-order chi connectivity index (χ1) is 12.2. The number of aromatic nitrogens is 3. The number of nitrogens with zero attached hydrogens (tertiary/aromatic N) is 5. The average molecular weight is 340 g/mol. The summed E-state index contributed by atoms with van der Waals surface area (Å²) in [5.41, 5.74) is 1.51. The summed E-state index contributed by atoms with van der Waals surface area (Å²) >= 11 is 0. The lowest BCUT2D eigenvalue weighted by Gasteiger charge is -2.27. The number of carbonyl (C=O) groups is 1. The number of hydrogen-bond acceptors (Lipinski definition) is 6. The van der Waals surface area contributed by atoms with Gasteiger partial charge in [0.15, 0.2) is 11.3 Å². The molecule has 1 aliphatic heterocycles. The van der Waals surface area contributed by atoms with Crippen LogP contribution in [-0.4, -0.2) is 53.5 Å². The number of allylic oxidation sites excluding steroid dienone is 2. The van der Waals surface area contributed by atoms with Crippen LogP contribution in [-0.2, 0) is 4.74 Å². The number of aliphatic imine (C=N–C) groups is 1. The third-order valence-corrected chi connectivity index (χ3v) is 3.75. The van der Waals surface area contributed by atoms with Gasteiger partial charge in [0.05, 0.1) is 25.1 Å². The predicted molar refractivity (Wildman–Crippen MR) is 95.9 cm³/mol. The van der Waals surface area contributed by atoms with Crippen LogP contribution in [0.5, 0.6) is 0 Å². The molecule has 8 nitrogen and oxygen atoms in total. The molecule has 0 aromatic carbocycles. The highest BCUT2D eigenvalue weighted by Gasteiger charge is 2.17. The van der Waals surface area contributed by atoms with Crippen LogP contribution in [0.25, 0.3) is 5.65 Å². The molecule has 0 bridgehead atoms. The molecule has 3 heterocycles. The van der Waals surface area contributed by atoms with Crippen molar-refractivity contribution >= 4 is 24.1 Å². The highest BCUT2D eigenvalue weighted by molar-refractivity contribution is 5.94. The number of carbonyl (C=O) groups excluding carboxylic acids is 1. The first-order valence-corrected chi connectivity index (χ1v) is 8.00. The van der Waals surface area contributed by atoms with E-state index >= 15 is 0 Å². The molecule has 130 valence electrons. The van der Waals surface area contributed by atoms with E-state index in [9.17, 15) is 4.79 Å². The van der Waals surface area contributed by atoms with Gasteiger partial charge in [-0.2, -0.15) is 0 Å². The third-order valence-electron chi connectivity index (χ3n) is 3.75. The number of amides is 1. The van der Waals surface area contributed by atoms with Crippen molar-refractivity contribution in [2.45, 2.75) is 6.92 Å². The fraction of sp³-hybridized carbons (Fsp3) is 0.294. The second-order valence-electron chi connectivity index (χ2n) is 5.43. The van der Waals surface area contributed by atoms with Gasteiger partial charge in [-0.1, -0.05) is 6.08 Å². The molecule has 3 rings (SSSR count). The summed E-state index contributed by atoms with van der Waals surface area (Å²) in [5, 5.41) is 7.35. The number of fused-ring (bicyclic) bond motifs is 1. The predicted octanol–water partition coefficient (Wildman–Crippen LogP) is 1.41. The molecular formula is C17H20N6O2. The van der Waals surface area contributed by atoms with Crippen LogP contribution in [0, 0.1) is 0 Å². The minimum absolute atomic E-state index is 0.313. The summed E-state index contributed by atoms with van der Waals surface area (Å²) in [6.45, 7) is 8.15. The van der Waals surface area contributed by atoms with Crippen molar-refractivity contribution in [3.63, 3.8) is 0 Å². The van der Waals surface area contributed by atoms with Crippen molar-refractivity contribution in [3.8, 4) is 0 Å². The zero-order valence-corrected chi connectivity index (χ0v) is 14.1. The summed E-state index contributed by atoms with van der Waals surface area (Å²) in [7, 11) is 0. The monoisotopic (exact) mass is 340 g/mol. The van der Waals surface area contributed by atoms with Crippen molar-refractivity contribution in [2.75, 3.05) is 31.2 Å². The fourth-order valence-electron chi connectivity index (χ4n) is 2.57. The number of ether oxygens (including phenoxy) is 1. The standard InChI is InChI=1S/C17H20N6O2/c1-3-4-13(11-18-2)20-17(24)14-12-19-15-5-6-16(21-23(14)15)22-7-9-25-10-8-22/h3-6,11-12H,2,7-10H2,1H3,(H,20,24)/b4-3-,13-11+. The minimum Gasteiger partial charge on any atom is -0.378 e. The lowest BCUT2D eigenvalue weighted by atomic mass is 10.3. The minimum atomic E-state index is -0.313. The number of anilines is 1. The van der Waals surface area contributed by atoms with Crippen LogP contribution < -0.4 is 10.2 Å². The van der Waals surface area contributed by atoms with E-state index < -0.39 is 0 Å². The van der Waals surface area contributed by atoms with Crippen molar-refractivity contribution in [3.05, 3.63) is 48.1 Å². The molecule has 0 aliphatic carbocycles. The van der Waals surface area contributed by atoms with E-state index in [0.717, 1.165) is 18.9 Å². The molecule has 1 N–H and O–H groups in total. The van der Waals surface area contributed by atoms with Gasteiger partial charge in [-0.15, -0.1) is 5.10 Å². The normalized spacial score (nSPS) is 15.7. The van der Waals surface area contributed by atoms with Crippen LogP contribution in [0.2, 0.25) is 0 Å². The number of imidazole rings is 1. The molecule has 2 aromatic rings. The number of morpholine rings is 1. The van der Waals surface area contributed by atoms with Crippen molar-refractivity contribution in [1.82, 2.24) is 19.9 Å². The highest BCUT2D eigenvalue weighted by Crippen LogP contribution is 2.15. The van der Waals surface area contributed by atoms with Crippen LogP contribution in [0.15, 0.2) is 47.4 Å². The molecule has 1 amide bonds. The molecule has 0 atom stereocenters. The second-order valence-corrected chi connectivity index (χ2v) is 5.43. The Morgan fingerprint density at radius 3 is 2.92 bits per heavy atom. The number of nitrogens with one attached hydrogen (secondary N) is 1. The first-order valence-electron chi connectivity index (χ1n) is 8.00. The van der Waals surface area contributed by atoms with E-state index in [1.54, 1.807) is 16.7 Å². The molecule has 1 saturated heterocycles. The van der Waals surface area contributed by atoms with E-state index in [0.29, 0.717) is 30.3 Å². The SMILES string of the molecule is C=N/C=C(\C=C/C)NC(=O)c1cnc2ccc(N3CCOCC3)nn12. The Morgan fingerprint density at radius 1 is 1.40 bits per heavy atom. The maximum absolute atomic E-state index is 12.6. The topological polar surface area (TPSA) is 84.1 Å². The molecule has 1 aliphatic rings. The Hall–Kier alpha value is -3.00. The largest absolute Gasteiger partial charge is 0.378 e. The van der Waals surface area contributed by atoms with Crippen molar-refractivity contribution in [1.29, 1.82) is 0 Å². The van der Waals surface area contributed by atoms with Crippen LogP contribution in [0.3, 0.4) is 0 Å². The third kappa shape index (κ3) is 3.74. The summed E-state index contributed by atoms with van der Waals surface area (Å²) in [6, 6.07) is 3.75. The van der Waals surface area contributed by atoms with Gasteiger partial charge in [-0.05, 0) is 31.9 Å². The second kappa shape index (κ2) is 7.71. The van der Waals surface area contributed by atoms with E-state index in [1.165, 1.54) is 12.4 Å². The number of hydrogen-bond donors (Lipinski definition) is 1. The van der Waals surface area contributed by atoms with Crippen molar-refractivity contribution < 1.29 is 9.53 Å². The molecule has 8 heteroatoms. The smallest absolute Gasteiger partial charge is 0.276 e. The summed E-state index contributed by atoms with van der Waals surface area (Å²) < 4.78 is 6.92. The average Bonchev–Trinajstić information content (AvgIpc) is 3.06. The Kier molecular flexibility index (Phi) is 5.20. The van der Waals surface area contributed by atoms with E-state index in [4.69, 9.17) is 4.74 Å². The Labute approximate surface area is 145 Å². The zero-order chi connectivity index (χ0) is 17.6. The van der Waals surface area contributed by atoms with Crippen LogP contribution in [0.1, 0.15) is 17.4 Å². The van der Waals surface area contributed by atoms with E-state index in [-0.39, 0.29) is 5.91 Å². The zero-order valence-electron chi connectivity index (χ0n) is 14.1. The molecule has 0 unspecified atom stereocenters. The van der Waals surface area contributed by atoms with Crippen LogP contribution in [0.4, 0.5) is 5.82 Å². The van der Waals surface area contributed by atoms with E-state index in [2.05, 4.69) is 32.0 Å². The first kappa shape index (κ1) is 16.8. The Bertz CT molecular complexity index is 833. The molecule has 1 fully saturated rings. The van der Waals surface area contributed by atoms with Gasteiger partial charge in [0.2, 0.25) is 0 Å². The van der Waals surface area contributed by atoms with Gasteiger partial charge in [-0.25, -0.2) is 9.50 Å². The molecular weight excluding hydrogens is 320 g/mol. The lowest BCUT2D eigenvalue weighted by Crippen LogP contribution is -2.37.